The average molecular weight is 311 g/mol. The van der Waals surface area contributed by atoms with Crippen LogP contribution in [0.15, 0.2) is 35.7 Å². The van der Waals surface area contributed by atoms with Gasteiger partial charge in [0.1, 0.15) is 6.10 Å². The van der Waals surface area contributed by atoms with E-state index in [9.17, 15) is 4.79 Å². The highest BCUT2D eigenvalue weighted by molar-refractivity contribution is 7.09. The first-order valence-electron chi connectivity index (χ1n) is 6.06. The minimum atomic E-state index is -0.547. The summed E-state index contributed by atoms with van der Waals surface area (Å²) >= 11 is 7.42. The Morgan fingerprint density at radius 3 is 2.95 bits per heavy atom. The molecule has 20 heavy (non-hydrogen) atoms. The number of hydrogen-bond donors (Lipinski definition) is 2. The number of carbonyl (C=O) groups excluding carboxylic acids is 1. The van der Waals surface area contributed by atoms with Gasteiger partial charge in [-0.15, -0.1) is 11.3 Å². The molecule has 0 fully saturated rings. The number of amides is 1. The molecule has 0 aliphatic carbocycles. The lowest BCUT2D eigenvalue weighted by Crippen LogP contribution is -2.27. The lowest BCUT2D eigenvalue weighted by atomic mass is 10.2. The molecule has 1 heterocycles. The molecule has 1 amide bonds. The minimum Gasteiger partial charge on any atom is -0.397 e. The molecule has 2 aromatic rings. The number of rotatable bonds is 5. The fourth-order valence-electron chi connectivity index (χ4n) is 1.54. The Morgan fingerprint density at radius 2 is 2.30 bits per heavy atom. The Hall–Kier alpha value is -1.56. The summed E-state index contributed by atoms with van der Waals surface area (Å²) in [6.45, 7) is 2.14. The largest absolute Gasteiger partial charge is 0.397 e. The molecule has 0 aliphatic rings. The van der Waals surface area contributed by atoms with Crippen molar-refractivity contribution in [3.63, 3.8) is 0 Å². The second-order valence-electron chi connectivity index (χ2n) is 4.26. The summed E-state index contributed by atoms with van der Waals surface area (Å²) in [5.41, 5.74) is 6.71. The third kappa shape index (κ3) is 3.96. The summed E-state index contributed by atoms with van der Waals surface area (Å²) < 4.78 is 5.52. The van der Waals surface area contributed by atoms with E-state index in [1.165, 1.54) is 0 Å². The molecule has 6 heteroatoms. The van der Waals surface area contributed by atoms with Crippen LogP contribution in [0.3, 0.4) is 0 Å². The van der Waals surface area contributed by atoms with Crippen molar-refractivity contribution in [2.24, 2.45) is 0 Å². The van der Waals surface area contributed by atoms with Crippen LogP contribution in [0.1, 0.15) is 11.8 Å². The lowest BCUT2D eigenvalue weighted by molar-refractivity contribution is -0.127. The highest BCUT2D eigenvalue weighted by Gasteiger charge is 2.14. The zero-order chi connectivity index (χ0) is 14.5. The van der Waals surface area contributed by atoms with E-state index in [4.69, 9.17) is 22.1 Å². The number of benzene rings is 1. The average Bonchev–Trinajstić information content (AvgIpc) is 2.93. The number of carbonyl (C=O) groups is 1. The third-order valence-corrected chi connectivity index (χ3v) is 3.88. The van der Waals surface area contributed by atoms with Crippen LogP contribution in [0.5, 0.6) is 0 Å². The van der Waals surface area contributed by atoms with Gasteiger partial charge >= 0.3 is 0 Å². The normalized spacial score (nSPS) is 12.1. The Balaban J connectivity index is 1.88. The summed E-state index contributed by atoms with van der Waals surface area (Å²) in [4.78, 5) is 13.0. The molecule has 1 aromatic heterocycles. The van der Waals surface area contributed by atoms with Crippen LogP contribution < -0.4 is 11.1 Å². The van der Waals surface area contributed by atoms with Crippen LogP contribution in [-0.2, 0) is 16.1 Å². The summed E-state index contributed by atoms with van der Waals surface area (Å²) in [6.07, 6.45) is -0.547. The van der Waals surface area contributed by atoms with E-state index in [0.29, 0.717) is 23.0 Å². The molecular formula is C14H15ClN2O2S. The standard InChI is InChI=1S/C14H15ClN2O2S/c1-9(19-8-11-3-2-6-20-11)14(18)17-10-4-5-12(15)13(16)7-10/h2-7,9H,8,16H2,1H3,(H,17,18). The fraction of sp³-hybridized carbons (Fsp3) is 0.214. The van der Waals surface area contributed by atoms with E-state index in [-0.39, 0.29) is 5.91 Å². The number of hydrogen-bond acceptors (Lipinski definition) is 4. The first kappa shape index (κ1) is 14.8. The van der Waals surface area contributed by atoms with Crippen molar-refractivity contribution >= 4 is 40.2 Å². The molecule has 1 unspecified atom stereocenters. The number of nitrogens with one attached hydrogen (secondary N) is 1. The van der Waals surface area contributed by atoms with Gasteiger partial charge in [-0.3, -0.25) is 4.79 Å². The molecule has 0 aliphatic heterocycles. The van der Waals surface area contributed by atoms with E-state index in [1.807, 2.05) is 17.5 Å². The quantitative estimate of drug-likeness (QED) is 0.830. The predicted octanol–water partition coefficient (Wildman–Crippen LogP) is 3.53. The van der Waals surface area contributed by atoms with Crippen molar-refractivity contribution < 1.29 is 9.53 Å². The van der Waals surface area contributed by atoms with E-state index in [0.717, 1.165) is 4.88 Å². The fourth-order valence-corrected chi connectivity index (χ4v) is 2.29. The Kier molecular flexibility index (Phi) is 5.00. The predicted molar refractivity (Wildman–Crippen MR) is 83.1 cm³/mol. The molecule has 0 bridgehead atoms. The van der Waals surface area contributed by atoms with E-state index >= 15 is 0 Å². The van der Waals surface area contributed by atoms with Crippen LogP contribution in [0.4, 0.5) is 11.4 Å². The monoisotopic (exact) mass is 310 g/mol. The van der Waals surface area contributed by atoms with Gasteiger partial charge < -0.3 is 15.8 Å². The van der Waals surface area contributed by atoms with Gasteiger partial charge in [0.15, 0.2) is 0 Å². The van der Waals surface area contributed by atoms with Gasteiger partial charge in [-0.1, -0.05) is 17.7 Å². The highest BCUT2D eigenvalue weighted by atomic mass is 35.5. The first-order valence-corrected chi connectivity index (χ1v) is 7.32. The Bertz CT molecular complexity index is 587. The molecule has 4 nitrogen and oxygen atoms in total. The maximum absolute atomic E-state index is 12.0. The second-order valence-corrected chi connectivity index (χ2v) is 5.70. The van der Waals surface area contributed by atoms with Crippen molar-refractivity contribution in [1.29, 1.82) is 0 Å². The summed E-state index contributed by atoms with van der Waals surface area (Å²) in [6, 6.07) is 8.87. The molecule has 106 valence electrons. The molecule has 1 atom stereocenters. The zero-order valence-electron chi connectivity index (χ0n) is 10.9. The number of halogens is 1. The summed E-state index contributed by atoms with van der Waals surface area (Å²) in [5, 5.41) is 5.18. The number of anilines is 2. The van der Waals surface area contributed by atoms with Crippen molar-refractivity contribution in [2.75, 3.05) is 11.1 Å². The molecule has 2 rings (SSSR count). The van der Waals surface area contributed by atoms with Crippen LogP contribution >= 0.6 is 22.9 Å². The van der Waals surface area contributed by atoms with Gasteiger partial charge in [-0.05, 0) is 36.6 Å². The first-order chi connectivity index (χ1) is 9.56. The maximum atomic E-state index is 12.0. The SMILES string of the molecule is CC(OCc1cccs1)C(=O)Nc1ccc(Cl)c(N)c1. The van der Waals surface area contributed by atoms with E-state index < -0.39 is 6.10 Å². The smallest absolute Gasteiger partial charge is 0.253 e. The number of nitrogen functional groups attached to an aromatic ring is 1. The molecule has 0 saturated heterocycles. The van der Waals surface area contributed by atoms with Gasteiger partial charge in [-0.25, -0.2) is 0 Å². The number of ether oxygens (including phenoxy) is 1. The van der Waals surface area contributed by atoms with E-state index in [1.54, 1.807) is 36.5 Å². The lowest BCUT2D eigenvalue weighted by Gasteiger charge is -2.13. The second kappa shape index (κ2) is 6.74. The van der Waals surface area contributed by atoms with Gasteiger partial charge in [0.2, 0.25) is 0 Å². The molecule has 0 radical (unpaired) electrons. The van der Waals surface area contributed by atoms with Gasteiger partial charge in [0, 0.05) is 10.6 Å². The van der Waals surface area contributed by atoms with Crippen molar-refractivity contribution in [3.05, 3.63) is 45.6 Å². The summed E-state index contributed by atoms with van der Waals surface area (Å²) in [5.74, 6) is -0.219. The molecule has 3 N–H and O–H groups in total. The molecule has 0 saturated carbocycles. The van der Waals surface area contributed by atoms with Crippen molar-refractivity contribution in [3.8, 4) is 0 Å². The van der Waals surface area contributed by atoms with Gasteiger partial charge in [0.25, 0.3) is 5.91 Å². The Morgan fingerprint density at radius 1 is 1.50 bits per heavy atom. The number of nitrogens with two attached hydrogens (primary N) is 1. The van der Waals surface area contributed by atoms with Crippen LogP contribution in [0, 0.1) is 0 Å². The van der Waals surface area contributed by atoms with E-state index in [2.05, 4.69) is 5.32 Å². The molecule has 0 spiro atoms. The van der Waals surface area contributed by atoms with Crippen LogP contribution in [-0.4, -0.2) is 12.0 Å². The minimum absolute atomic E-state index is 0.219. The van der Waals surface area contributed by atoms with Gasteiger partial charge in [0.05, 0.1) is 17.3 Å². The molecular weight excluding hydrogens is 296 g/mol. The van der Waals surface area contributed by atoms with Crippen LogP contribution in [0.25, 0.3) is 0 Å². The molecule has 1 aromatic carbocycles. The van der Waals surface area contributed by atoms with Crippen LogP contribution in [0.2, 0.25) is 5.02 Å². The van der Waals surface area contributed by atoms with Gasteiger partial charge in [-0.2, -0.15) is 0 Å². The Labute approximate surface area is 126 Å². The topological polar surface area (TPSA) is 64.3 Å². The zero-order valence-corrected chi connectivity index (χ0v) is 12.5. The number of thiophene rings is 1. The maximum Gasteiger partial charge on any atom is 0.253 e. The van der Waals surface area contributed by atoms with Crippen molar-refractivity contribution in [1.82, 2.24) is 0 Å². The summed E-state index contributed by atoms with van der Waals surface area (Å²) in [7, 11) is 0. The van der Waals surface area contributed by atoms with Crippen molar-refractivity contribution in [2.45, 2.75) is 19.6 Å². The third-order valence-electron chi connectivity index (χ3n) is 2.69. The highest BCUT2D eigenvalue weighted by Crippen LogP contribution is 2.22.